The van der Waals surface area contributed by atoms with E-state index in [1.807, 2.05) is 31.6 Å². The van der Waals surface area contributed by atoms with Crippen molar-refractivity contribution in [3.05, 3.63) is 65.9 Å². The summed E-state index contributed by atoms with van der Waals surface area (Å²) in [5.74, 6) is 0.529. The molecule has 1 saturated heterocycles. The van der Waals surface area contributed by atoms with Gasteiger partial charge in [-0.05, 0) is 38.4 Å². The molecule has 3 heterocycles. The Hall–Kier alpha value is -2.53. The van der Waals surface area contributed by atoms with Crippen molar-refractivity contribution < 1.29 is 0 Å². The smallest absolute Gasteiger partial charge is 0.0695 e. The normalized spacial score (nSPS) is 16.2. The van der Waals surface area contributed by atoms with Gasteiger partial charge in [0.15, 0.2) is 0 Å². The maximum absolute atomic E-state index is 4.66. The summed E-state index contributed by atoms with van der Waals surface area (Å²) >= 11 is 0. The van der Waals surface area contributed by atoms with Crippen molar-refractivity contribution in [2.24, 2.45) is 0 Å². The van der Waals surface area contributed by atoms with Gasteiger partial charge in [-0.3, -0.25) is 20.0 Å². The van der Waals surface area contributed by atoms with Gasteiger partial charge in [0.25, 0.3) is 0 Å². The SMILES string of the molecule is Cc1cncc(C2CCN(Cc3cn[nH]c3-c3ccccc3)CC2)n1. The van der Waals surface area contributed by atoms with Gasteiger partial charge in [0.1, 0.15) is 0 Å². The number of aromatic amines is 1. The number of rotatable bonds is 4. The molecule has 1 aliphatic rings. The molecule has 0 bridgehead atoms. The number of hydrogen-bond donors (Lipinski definition) is 1. The maximum Gasteiger partial charge on any atom is 0.0695 e. The summed E-state index contributed by atoms with van der Waals surface area (Å²) in [6.45, 7) is 5.11. The standard InChI is InChI=1S/C20H23N5/c1-15-11-21-13-19(23-15)16-7-9-25(10-8-16)14-18-12-22-24-20(18)17-5-3-2-4-6-17/h2-6,11-13,16H,7-10,14H2,1H3,(H,22,24). The van der Waals surface area contributed by atoms with Gasteiger partial charge >= 0.3 is 0 Å². The van der Waals surface area contributed by atoms with Gasteiger partial charge in [0.05, 0.1) is 23.3 Å². The summed E-state index contributed by atoms with van der Waals surface area (Å²) < 4.78 is 0. The van der Waals surface area contributed by atoms with Crippen molar-refractivity contribution in [2.45, 2.75) is 32.2 Å². The average Bonchev–Trinajstić information content (AvgIpc) is 3.11. The Kier molecular flexibility index (Phi) is 4.57. The maximum atomic E-state index is 4.66. The van der Waals surface area contributed by atoms with E-state index >= 15 is 0 Å². The van der Waals surface area contributed by atoms with E-state index < -0.39 is 0 Å². The number of aryl methyl sites for hydroxylation is 1. The Labute approximate surface area is 148 Å². The summed E-state index contributed by atoms with van der Waals surface area (Å²) in [5.41, 5.74) is 5.74. The lowest BCUT2D eigenvalue weighted by Gasteiger charge is -2.31. The van der Waals surface area contributed by atoms with Gasteiger partial charge in [-0.15, -0.1) is 0 Å². The van der Waals surface area contributed by atoms with Gasteiger partial charge in [-0.1, -0.05) is 30.3 Å². The molecular weight excluding hydrogens is 310 g/mol. The van der Waals surface area contributed by atoms with Crippen LogP contribution in [-0.4, -0.2) is 38.2 Å². The summed E-state index contributed by atoms with van der Waals surface area (Å²) in [5, 5.41) is 7.42. The lowest BCUT2D eigenvalue weighted by molar-refractivity contribution is 0.203. The number of nitrogens with zero attached hydrogens (tertiary/aromatic N) is 4. The number of nitrogens with one attached hydrogen (secondary N) is 1. The molecule has 1 fully saturated rings. The molecular formula is C20H23N5. The summed E-state index contributed by atoms with van der Waals surface area (Å²) in [7, 11) is 0. The fourth-order valence-corrected chi connectivity index (χ4v) is 3.59. The predicted octanol–water partition coefficient (Wildman–Crippen LogP) is 3.55. The molecule has 5 heteroatoms. The number of likely N-dealkylation sites (tertiary alicyclic amines) is 1. The van der Waals surface area contributed by atoms with Crippen LogP contribution in [0.1, 0.15) is 35.7 Å². The van der Waals surface area contributed by atoms with Gasteiger partial charge in [0, 0.05) is 30.4 Å². The Bertz CT molecular complexity index is 819. The van der Waals surface area contributed by atoms with Crippen LogP contribution < -0.4 is 0 Å². The molecule has 0 amide bonds. The Morgan fingerprint density at radius 1 is 1.08 bits per heavy atom. The molecule has 25 heavy (non-hydrogen) atoms. The molecule has 0 atom stereocenters. The minimum atomic E-state index is 0.529. The lowest BCUT2D eigenvalue weighted by Crippen LogP contribution is -2.32. The second-order valence-corrected chi connectivity index (χ2v) is 6.77. The lowest BCUT2D eigenvalue weighted by atomic mass is 9.93. The summed E-state index contributed by atoms with van der Waals surface area (Å²) in [6, 6.07) is 10.4. The van der Waals surface area contributed by atoms with E-state index in [0.717, 1.165) is 49.6 Å². The van der Waals surface area contributed by atoms with E-state index in [2.05, 4.69) is 49.3 Å². The van der Waals surface area contributed by atoms with E-state index in [1.165, 1.54) is 11.1 Å². The first-order chi connectivity index (χ1) is 12.3. The predicted molar refractivity (Wildman–Crippen MR) is 98.0 cm³/mol. The van der Waals surface area contributed by atoms with Crippen LogP contribution >= 0.6 is 0 Å². The zero-order chi connectivity index (χ0) is 17.1. The van der Waals surface area contributed by atoms with Gasteiger partial charge in [-0.25, -0.2) is 0 Å². The van der Waals surface area contributed by atoms with Crippen LogP contribution in [0, 0.1) is 6.92 Å². The average molecular weight is 333 g/mol. The molecule has 5 nitrogen and oxygen atoms in total. The van der Waals surface area contributed by atoms with Crippen molar-refractivity contribution in [3.8, 4) is 11.3 Å². The molecule has 4 rings (SSSR count). The van der Waals surface area contributed by atoms with Crippen LogP contribution in [0.3, 0.4) is 0 Å². The number of benzene rings is 1. The Morgan fingerprint density at radius 2 is 1.88 bits per heavy atom. The van der Waals surface area contributed by atoms with Crippen LogP contribution in [0.15, 0.2) is 48.9 Å². The quantitative estimate of drug-likeness (QED) is 0.793. The molecule has 1 N–H and O–H groups in total. The molecule has 128 valence electrons. The highest BCUT2D eigenvalue weighted by Gasteiger charge is 2.23. The first kappa shape index (κ1) is 16.0. The zero-order valence-corrected chi connectivity index (χ0v) is 14.5. The molecule has 0 saturated carbocycles. The van der Waals surface area contributed by atoms with E-state index in [4.69, 9.17) is 0 Å². The van der Waals surface area contributed by atoms with Gasteiger partial charge in [0.2, 0.25) is 0 Å². The van der Waals surface area contributed by atoms with Crippen LogP contribution in [0.4, 0.5) is 0 Å². The third-order valence-corrected chi connectivity index (χ3v) is 4.95. The highest BCUT2D eigenvalue weighted by molar-refractivity contribution is 5.62. The highest BCUT2D eigenvalue weighted by Crippen LogP contribution is 2.28. The summed E-state index contributed by atoms with van der Waals surface area (Å²) in [4.78, 5) is 11.5. The first-order valence-corrected chi connectivity index (χ1v) is 8.88. The Balaban J connectivity index is 1.41. The first-order valence-electron chi connectivity index (χ1n) is 8.88. The van der Waals surface area contributed by atoms with Crippen LogP contribution in [0.25, 0.3) is 11.3 Å². The monoisotopic (exact) mass is 333 g/mol. The molecule has 0 aliphatic carbocycles. The Morgan fingerprint density at radius 3 is 2.64 bits per heavy atom. The van der Waals surface area contributed by atoms with Crippen LogP contribution in [0.5, 0.6) is 0 Å². The van der Waals surface area contributed by atoms with Crippen molar-refractivity contribution in [3.63, 3.8) is 0 Å². The largest absolute Gasteiger partial charge is 0.299 e. The zero-order valence-electron chi connectivity index (χ0n) is 14.5. The fraction of sp³-hybridized carbons (Fsp3) is 0.350. The van der Waals surface area contributed by atoms with Crippen molar-refractivity contribution in [1.82, 2.24) is 25.1 Å². The van der Waals surface area contributed by atoms with Gasteiger partial charge in [-0.2, -0.15) is 5.10 Å². The number of H-pyrrole nitrogens is 1. The molecule has 0 radical (unpaired) electrons. The minimum Gasteiger partial charge on any atom is -0.299 e. The van der Waals surface area contributed by atoms with Crippen molar-refractivity contribution in [2.75, 3.05) is 13.1 Å². The molecule has 0 spiro atoms. The van der Waals surface area contributed by atoms with Crippen LogP contribution in [0.2, 0.25) is 0 Å². The van der Waals surface area contributed by atoms with Crippen molar-refractivity contribution in [1.29, 1.82) is 0 Å². The molecule has 2 aromatic heterocycles. The number of hydrogen-bond acceptors (Lipinski definition) is 4. The van der Waals surface area contributed by atoms with E-state index in [9.17, 15) is 0 Å². The second kappa shape index (κ2) is 7.15. The van der Waals surface area contributed by atoms with E-state index in [-0.39, 0.29) is 0 Å². The van der Waals surface area contributed by atoms with Gasteiger partial charge < -0.3 is 0 Å². The van der Waals surface area contributed by atoms with E-state index in [1.54, 1.807) is 0 Å². The third-order valence-electron chi connectivity index (χ3n) is 4.95. The molecule has 0 unspecified atom stereocenters. The minimum absolute atomic E-state index is 0.529. The highest BCUT2D eigenvalue weighted by atomic mass is 15.2. The fourth-order valence-electron chi connectivity index (χ4n) is 3.59. The van der Waals surface area contributed by atoms with E-state index in [0.29, 0.717) is 5.92 Å². The summed E-state index contributed by atoms with van der Waals surface area (Å²) in [6.07, 6.45) is 7.98. The number of aromatic nitrogens is 4. The number of piperidine rings is 1. The topological polar surface area (TPSA) is 57.7 Å². The second-order valence-electron chi connectivity index (χ2n) is 6.77. The van der Waals surface area contributed by atoms with Crippen molar-refractivity contribution >= 4 is 0 Å². The molecule has 3 aromatic rings. The molecule has 1 aliphatic heterocycles. The molecule has 1 aromatic carbocycles. The van der Waals surface area contributed by atoms with Crippen LogP contribution in [-0.2, 0) is 6.54 Å². The third kappa shape index (κ3) is 3.61.